The number of thioether (sulfide) groups is 1. The van der Waals surface area contributed by atoms with Gasteiger partial charge in [0.25, 0.3) is 0 Å². The van der Waals surface area contributed by atoms with Crippen molar-refractivity contribution in [1.29, 1.82) is 0 Å². The minimum absolute atomic E-state index is 0.00707. The number of aromatic nitrogens is 1. The normalized spacial score (nSPS) is 13.5. The van der Waals surface area contributed by atoms with Gasteiger partial charge in [0.1, 0.15) is 0 Å². The monoisotopic (exact) mass is 319 g/mol. The lowest BCUT2D eigenvalue weighted by atomic mass is 10.1. The second-order valence-corrected chi connectivity index (χ2v) is 6.56. The molecule has 1 aromatic heterocycles. The number of rotatable bonds is 3. The van der Waals surface area contributed by atoms with E-state index in [2.05, 4.69) is 15.6 Å². The molecule has 108 valence electrons. The second kappa shape index (κ2) is 5.87. The van der Waals surface area contributed by atoms with Crippen molar-refractivity contribution in [2.45, 2.75) is 18.2 Å². The number of aryl methyl sites for hydroxylation is 1. The zero-order valence-corrected chi connectivity index (χ0v) is 12.9. The Kier molecular flexibility index (Phi) is 3.94. The third-order valence-electron chi connectivity index (χ3n) is 2.91. The third kappa shape index (κ3) is 3.43. The predicted octanol–water partition coefficient (Wildman–Crippen LogP) is 2.68. The summed E-state index contributed by atoms with van der Waals surface area (Å²) < 4.78 is 0. The summed E-state index contributed by atoms with van der Waals surface area (Å²) in [6, 6.07) is 5.71. The molecule has 0 bridgehead atoms. The summed E-state index contributed by atoms with van der Waals surface area (Å²) in [6.45, 7) is 1.88. The van der Waals surface area contributed by atoms with Crippen molar-refractivity contribution in [3.05, 3.63) is 34.8 Å². The predicted molar refractivity (Wildman–Crippen MR) is 85.0 cm³/mol. The van der Waals surface area contributed by atoms with Gasteiger partial charge in [-0.15, -0.1) is 23.1 Å². The van der Waals surface area contributed by atoms with Crippen LogP contribution in [0.15, 0.2) is 28.5 Å². The maximum atomic E-state index is 12.0. The van der Waals surface area contributed by atoms with Gasteiger partial charge >= 0.3 is 0 Å². The van der Waals surface area contributed by atoms with Crippen LogP contribution in [0.2, 0.25) is 0 Å². The van der Waals surface area contributed by atoms with Crippen molar-refractivity contribution in [2.75, 3.05) is 16.4 Å². The van der Waals surface area contributed by atoms with Crippen LogP contribution in [-0.2, 0) is 16.0 Å². The van der Waals surface area contributed by atoms with Gasteiger partial charge in [-0.2, -0.15) is 0 Å². The van der Waals surface area contributed by atoms with E-state index in [0.29, 0.717) is 10.9 Å². The molecule has 0 saturated carbocycles. The molecule has 3 rings (SSSR count). The first-order valence-electron chi connectivity index (χ1n) is 6.38. The summed E-state index contributed by atoms with van der Waals surface area (Å²) in [4.78, 5) is 28.6. The smallest absolute Gasteiger partial charge is 0.234 e. The molecule has 0 unspecified atom stereocenters. The number of nitrogens with zero attached hydrogens (tertiary/aromatic N) is 1. The van der Waals surface area contributed by atoms with Crippen LogP contribution in [0.5, 0.6) is 0 Å². The molecule has 2 aromatic rings. The number of amides is 2. The van der Waals surface area contributed by atoms with Gasteiger partial charge in [0.05, 0.1) is 23.6 Å². The van der Waals surface area contributed by atoms with Crippen molar-refractivity contribution in [1.82, 2.24) is 4.98 Å². The zero-order chi connectivity index (χ0) is 14.8. The quantitative estimate of drug-likeness (QED) is 0.912. The van der Waals surface area contributed by atoms with Crippen molar-refractivity contribution in [2.24, 2.45) is 0 Å². The maximum Gasteiger partial charge on any atom is 0.234 e. The number of carbonyl (C=O) groups excluding carboxylic acids is 2. The fraction of sp³-hybridized carbons (Fsp3) is 0.214. The third-order valence-corrected chi connectivity index (χ3v) is 4.86. The summed E-state index contributed by atoms with van der Waals surface area (Å²) in [5.74, 6) is 0.322. The van der Waals surface area contributed by atoms with Crippen LogP contribution in [0.4, 0.5) is 10.8 Å². The van der Waals surface area contributed by atoms with Crippen molar-refractivity contribution >= 4 is 45.7 Å². The van der Waals surface area contributed by atoms with Crippen LogP contribution in [0.25, 0.3) is 0 Å². The fourth-order valence-corrected chi connectivity index (χ4v) is 3.49. The standard InChI is InChI=1S/C14H13N3O2S2/c1-8-6-21-14(15-8)17-12(18)5-9-2-3-11-10(4-9)16-13(19)7-20-11/h2-4,6H,5,7H2,1H3,(H,16,19)(H,15,17,18). The van der Waals surface area contributed by atoms with Crippen molar-refractivity contribution in [3.63, 3.8) is 0 Å². The average Bonchev–Trinajstić information content (AvgIpc) is 2.83. The first-order chi connectivity index (χ1) is 10.1. The number of anilines is 2. The molecule has 1 aromatic carbocycles. The van der Waals surface area contributed by atoms with Gasteiger partial charge in [0.15, 0.2) is 5.13 Å². The Bertz CT molecular complexity index is 712. The molecule has 0 aliphatic carbocycles. The second-order valence-electron chi connectivity index (χ2n) is 4.69. The highest BCUT2D eigenvalue weighted by molar-refractivity contribution is 8.00. The molecule has 0 atom stereocenters. The number of benzene rings is 1. The van der Waals surface area contributed by atoms with Crippen LogP contribution >= 0.6 is 23.1 Å². The average molecular weight is 319 g/mol. The molecular formula is C14H13N3O2S2. The van der Waals surface area contributed by atoms with Gasteiger partial charge in [0, 0.05) is 10.3 Å². The van der Waals surface area contributed by atoms with Crippen molar-refractivity contribution < 1.29 is 9.59 Å². The molecule has 0 fully saturated rings. The highest BCUT2D eigenvalue weighted by atomic mass is 32.2. The molecule has 0 radical (unpaired) electrons. The van der Waals surface area contributed by atoms with E-state index < -0.39 is 0 Å². The molecule has 1 aliphatic heterocycles. The Morgan fingerprint density at radius 3 is 3.10 bits per heavy atom. The topological polar surface area (TPSA) is 71.1 Å². The van der Waals surface area contributed by atoms with E-state index in [1.54, 1.807) is 0 Å². The van der Waals surface area contributed by atoms with Crippen LogP contribution < -0.4 is 10.6 Å². The SMILES string of the molecule is Cc1csc(NC(=O)Cc2ccc3c(c2)NC(=O)CS3)n1. The molecule has 0 spiro atoms. The molecule has 21 heavy (non-hydrogen) atoms. The summed E-state index contributed by atoms with van der Waals surface area (Å²) in [7, 11) is 0. The summed E-state index contributed by atoms with van der Waals surface area (Å²) >= 11 is 2.92. The van der Waals surface area contributed by atoms with Gasteiger partial charge in [0.2, 0.25) is 11.8 Å². The van der Waals surface area contributed by atoms with E-state index in [4.69, 9.17) is 0 Å². The van der Waals surface area contributed by atoms with Gasteiger partial charge in [-0.25, -0.2) is 4.98 Å². The maximum absolute atomic E-state index is 12.0. The molecule has 2 N–H and O–H groups in total. The fourth-order valence-electron chi connectivity index (χ4n) is 2.00. The highest BCUT2D eigenvalue weighted by Gasteiger charge is 2.16. The van der Waals surface area contributed by atoms with Crippen LogP contribution in [-0.4, -0.2) is 22.6 Å². The minimum Gasteiger partial charge on any atom is -0.324 e. The number of carbonyl (C=O) groups is 2. The van der Waals surface area contributed by atoms with Crippen molar-refractivity contribution in [3.8, 4) is 0 Å². The molecule has 2 amide bonds. The molecular weight excluding hydrogens is 306 g/mol. The Balaban J connectivity index is 1.68. The van der Waals surface area contributed by atoms with E-state index in [1.807, 2.05) is 30.5 Å². The summed E-state index contributed by atoms with van der Waals surface area (Å²) in [6.07, 6.45) is 0.256. The Labute approximate surface area is 130 Å². The van der Waals surface area contributed by atoms with Crippen LogP contribution in [0.1, 0.15) is 11.3 Å². The Morgan fingerprint density at radius 1 is 1.48 bits per heavy atom. The van der Waals surface area contributed by atoms with Crippen LogP contribution in [0, 0.1) is 6.92 Å². The van der Waals surface area contributed by atoms with E-state index in [0.717, 1.165) is 21.8 Å². The lowest BCUT2D eigenvalue weighted by molar-refractivity contribution is -0.115. The van der Waals surface area contributed by atoms with Crippen LogP contribution in [0.3, 0.4) is 0 Å². The van der Waals surface area contributed by atoms with Gasteiger partial charge < -0.3 is 10.6 Å². The minimum atomic E-state index is -0.112. The molecule has 5 nitrogen and oxygen atoms in total. The number of hydrogen-bond donors (Lipinski definition) is 2. The van der Waals surface area contributed by atoms with Gasteiger partial charge in [-0.1, -0.05) is 6.07 Å². The molecule has 2 heterocycles. The van der Waals surface area contributed by atoms with Gasteiger partial charge in [-0.3, -0.25) is 9.59 Å². The Hall–Kier alpha value is -1.86. The highest BCUT2D eigenvalue weighted by Crippen LogP contribution is 2.32. The molecule has 7 heteroatoms. The summed E-state index contributed by atoms with van der Waals surface area (Å²) in [5, 5.41) is 8.10. The number of nitrogens with one attached hydrogen (secondary N) is 2. The van der Waals surface area contributed by atoms with E-state index in [9.17, 15) is 9.59 Å². The van der Waals surface area contributed by atoms with E-state index in [1.165, 1.54) is 23.1 Å². The number of hydrogen-bond acceptors (Lipinski definition) is 5. The van der Waals surface area contributed by atoms with E-state index >= 15 is 0 Å². The first-order valence-corrected chi connectivity index (χ1v) is 8.24. The largest absolute Gasteiger partial charge is 0.324 e. The van der Waals surface area contributed by atoms with Gasteiger partial charge in [-0.05, 0) is 24.6 Å². The first kappa shape index (κ1) is 14.1. The number of thiazole rings is 1. The zero-order valence-electron chi connectivity index (χ0n) is 11.3. The van der Waals surface area contributed by atoms with E-state index in [-0.39, 0.29) is 18.2 Å². The lowest BCUT2D eigenvalue weighted by Crippen LogP contribution is -2.19. The molecule has 0 saturated heterocycles. The Morgan fingerprint density at radius 2 is 2.33 bits per heavy atom. The number of fused-ring (bicyclic) bond motifs is 1. The lowest BCUT2D eigenvalue weighted by Gasteiger charge is -2.16. The molecule has 1 aliphatic rings. The summed E-state index contributed by atoms with van der Waals surface area (Å²) in [5.41, 5.74) is 2.54.